The standard InChI is InChI=1S/C15H23FN2O2/c1-2-20-15-9-14(13(17)8-12(15)16)18-7-5-3-4-6-11(18)10-19/h8-9,11,19H,2-7,10,17H2,1H3. The minimum Gasteiger partial charge on any atom is -0.491 e. The molecule has 0 amide bonds. The van der Waals surface area contributed by atoms with E-state index in [0.717, 1.165) is 37.9 Å². The minimum atomic E-state index is -0.441. The Morgan fingerprint density at radius 3 is 2.90 bits per heavy atom. The van der Waals surface area contributed by atoms with E-state index in [4.69, 9.17) is 10.5 Å². The first kappa shape index (κ1) is 14.9. The number of anilines is 2. The minimum absolute atomic E-state index is 0.0414. The van der Waals surface area contributed by atoms with Gasteiger partial charge in [0.25, 0.3) is 0 Å². The van der Waals surface area contributed by atoms with Crippen molar-refractivity contribution in [3.05, 3.63) is 17.9 Å². The zero-order valence-electron chi connectivity index (χ0n) is 11.9. The van der Waals surface area contributed by atoms with Gasteiger partial charge in [0.15, 0.2) is 11.6 Å². The third-order valence-electron chi connectivity index (χ3n) is 3.78. The molecule has 1 aliphatic rings. The molecule has 3 N–H and O–H groups in total. The van der Waals surface area contributed by atoms with Crippen molar-refractivity contribution in [1.82, 2.24) is 0 Å². The Morgan fingerprint density at radius 1 is 1.40 bits per heavy atom. The number of hydrogen-bond acceptors (Lipinski definition) is 4. The van der Waals surface area contributed by atoms with Crippen molar-refractivity contribution in [1.29, 1.82) is 0 Å². The summed E-state index contributed by atoms with van der Waals surface area (Å²) in [6, 6.07) is 3.00. The van der Waals surface area contributed by atoms with Gasteiger partial charge in [-0.15, -0.1) is 0 Å². The fourth-order valence-corrected chi connectivity index (χ4v) is 2.76. The summed E-state index contributed by atoms with van der Waals surface area (Å²) in [5, 5.41) is 9.58. The average Bonchev–Trinajstić information content (AvgIpc) is 2.67. The molecular formula is C15H23FN2O2. The van der Waals surface area contributed by atoms with Crippen LogP contribution in [0.25, 0.3) is 0 Å². The van der Waals surface area contributed by atoms with Gasteiger partial charge in [-0.05, 0) is 19.8 Å². The summed E-state index contributed by atoms with van der Waals surface area (Å²) >= 11 is 0. The van der Waals surface area contributed by atoms with Crippen LogP contribution in [0.2, 0.25) is 0 Å². The van der Waals surface area contributed by atoms with Crippen LogP contribution in [0.3, 0.4) is 0 Å². The molecular weight excluding hydrogens is 259 g/mol. The molecule has 5 heteroatoms. The van der Waals surface area contributed by atoms with E-state index < -0.39 is 5.82 Å². The Morgan fingerprint density at radius 2 is 2.20 bits per heavy atom. The normalized spacial score (nSPS) is 19.8. The van der Waals surface area contributed by atoms with Gasteiger partial charge in [0, 0.05) is 18.7 Å². The first-order valence-electron chi connectivity index (χ1n) is 7.26. The molecule has 20 heavy (non-hydrogen) atoms. The highest BCUT2D eigenvalue weighted by Crippen LogP contribution is 2.34. The van der Waals surface area contributed by atoms with Crippen LogP contribution in [0, 0.1) is 5.82 Å². The molecule has 0 radical (unpaired) electrons. The zero-order chi connectivity index (χ0) is 14.5. The van der Waals surface area contributed by atoms with Crippen molar-refractivity contribution in [2.75, 3.05) is 30.4 Å². The molecule has 1 saturated heterocycles. The van der Waals surface area contributed by atoms with Gasteiger partial charge >= 0.3 is 0 Å². The first-order chi connectivity index (χ1) is 9.67. The van der Waals surface area contributed by atoms with E-state index in [2.05, 4.69) is 4.90 Å². The Bertz CT molecular complexity index is 454. The van der Waals surface area contributed by atoms with E-state index in [1.54, 1.807) is 6.07 Å². The van der Waals surface area contributed by atoms with Crippen LogP contribution < -0.4 is 15.4 Å². The van der Waals surface area contributed by atoms with E-state index in [0.29, 0.717) is 12.3 Å². The van der Waals surface area contributed by atoms with E-state index in [9.17, 15) is 9.50 Å². The lowest BCUT2D eigenvalue weighted by Gasteiger charge is -2.32. The molecule has 1 atom stereocenters. The van der Waals surface area contributed by atoms with Crippen LogP contribution in [-0.2, 0) is 0 Å². The second kappa shape index (κ2) is 6.79. The van der Waals surface area contributed by atoms with E-state index in [-0.39, 0.29) is 18.4 Å². The summed E-state index contributed by atoms with van der Waals surface area (Å²) < 4.78 is 19.1. The molecule has 4 nitrogen and oxygen atoms in total. The second-order valence-corrected chi connectivity index (χ2v) is 5.15. The van der Waals surface area contributed by atoms with Crippen LogP contribution in [0.1, 0.15) is 32.6 Å². The summed E-state index contributed by atoms with van der Waals surface area (Å²) in [6.07, 6.45) is 4.22. The molecule has 0 bridgehead atoms. The summed E-state index contributed by atoms with van der Waals surface area (Å²) in [5.41, 5.74) is 7.12. The summed E-state index contributed by atoms with van der Waals surface area (Å²) in [6.45, 7) is 3.13. The number of ether oxygens (including phenoxy) is 1. The predicted molar refractivity (Wildman–Crippen MR) is 78.7 cm³/mol. The van der Waals surface area contributed by atoms with Gasteiger partial charge in [0.1, 0.15) is 0 Å². The zero-order valence-corrected chi connectivity index (χ0v) is 11.9. The van der Waals surface area contributed by atoms with Crippen molar-refractivity contribution < 1.29 is 14.2 Å². The number of nitrogens with two attached hydrogens (primary N) is 1. The van der Waals surface area contributed by atoms with Gasteiger partial charge < -0.3 is 20.5 Å². The summed E-state index contributed by atoms with van der Waals surface area (Å²) in [7, 11) is 0. The van der Waals surface area contributed by atoms with Crippen LogP contribution in [0.4, 0.5) is 15.8 Å². The highest BCUT2D eigenvalue weighted by molar-refractivity contribution is 5.70. The first-order valence-corrected chi connectivity index (χ1v) is 7.26. The number of nitrogens with zero attached hydrogens (tertiary/aromatic N) is 1. The summed E-state index contributed by atoms with van der Waals surface area (Å²) in [5.74, 6) is -0.221. The molecule has 1 aliphatic heterocycles. The van der Waals surface area contributed by atoms with Crippen LogP contribution in [0.15, 0.2) is 12.1 Å². The van der Waals surface area contributed by atoms with Gasteiger partial charge in [0.05, 0.1) is 30.6 Å². The molecule has 0 spiro atoms. The maximum Gasteiger partial charge on any atom is 0.167 e. The molecule has 2 rings (SSSR count). The number of aliphatic hydroxyl groups excluding tert-OH is 1. The van der Waals surface area contributed by atoms with E-state index >= 15 is 0 Å². The number of rotatable bonds is 4. The van der Waals surface area contributed by atoms with E-state index in [1.165, 1.54) is 6.07 Å². The molecule has 1 aromatic rings. The molecule has 1 heterocycles. The van der Waals surface area contributed by atoms with Crippen LogP contribution >= 0.6 is 0 Å². The Labute approximate surface area is 119 Å². The van der Waals surface area contributed by atoms with Crippen LogP contribution in [0.5, 0.6) is 5.75 Å². The number of benzene rings is 1. The smallest absolute Gasteiger partial charge is 0.167 e. The molecule has 1 unspecified atom stereocenters. The largest absolute Gasteiger partial charge is 0.491 e. The highest BCUT2D eigenvalue weighted by atomic mass is 19.1. The van der Waals surface area contributed by atoms with Crippen molar-refractivity contribution in [3.8, 4) is 5.75 Å². The molecule has 112 valence electrons. The third kappa shape index (κ3) is 3.15. The number of halogens is 1. The van der Waals surface area contributed by atoms with Gasteiger partial charge in [0.2, 0.25) is 0 Å². The second-order valence-electron chi connectivity index (χ2n) is 5.15. The maximum absolute atomic E-state index is 13.8. The Hall–Kier alpha value is -1.49. The lowest BCUT2D eigenvalue weighted by atomic mass is 10.1. The fraction of sp³-hybridized carbons (Fsp3) is 0.600. The van der Waals surface area contributed by atoms with Gasteiger partial charge in [-0.3, -0.25) is 0 Å². The number of hydrogen-bond donors (Lipinski definition) is 2. The molecule has 0 saturated carbocycles. The highest BCUT2D eigenvalue weighted by Gasteiger charge is 2.23. The van der Waals surface area contributed by atoms with Crippen molar-refractivity contribution in [3.63, 3.8) is 0 Å². The van der Waals surface area contributed by atoms with Crippen molar-refractivity contribution >= 4 is 11.4 Å². The van der Waals surface area contributed by atoms with Gasteiger partial charge in [-0.25, -0.2) is 4.39 Å². The van der Waals surface area contributed by atoms with Gasteiger partial charge in [-0.1, -0.05) is 12.8 Å². The monoisotopic (exact) mass is 282 g/mol. The van der Waals surface area contributed by atoms with Gasteiger partial charge in [-0.2, -0.15) is 0 Å². The number of nitrogen functional groups attached to an aromatic ring is 1. The lowest BCUT2D eigenvalue weighted by molar-refractivity contribution is 0.255. The molecule has 1 fully saturated rings. The maximum atomic E-state index is 13.8. The summed E-state index contributed by atoms with van der Waals surface area (Å²) in [4.78, 5) is 2.09. The fourth-order valence-electron chi connectivity index (χ4n) is 2.76. The van der Waals surface area contributed by atoms with Crippen molar-refractivity contribution in [2.45, 2.75) is 38.6 Å². The Balaban J connectivity index is 2.35. The van der Waals surface area contributed by atoms with Crippen molar-refractivity contribution in [2.24, 2.45) is 0 Å². The quantitative estimate of drug-likeness (QED) is 0.833. The predicted octanol–water partition coefficient (Wildman–Crippen LogP) is 2.55. The molecule has 0 aliphatic carbocycles. The topological polar surface area (TPSA) is 58.7 Å². The lowest BCUT2D eigenvalue weighted by Crippen LogP contribution is -2.38. The molecule has 0 aromatic heterocycles. The SMILES string of the molecule is CCOc1cc(N2CCCCCC2CO)c(N)cc1F. The average molecular weight is 282 g/mol. The van der Waals surface area contributed by atoms with E-state index in [1.807, 2.05) is 6.92 Å². The van der Waals surface area contributed by atoms with Crippen LogP contribution in [-0.4, -0.2) is 30.9 Å². The number of aliphatic hydroxyl groups is 1. The third-order valence-corrected chi connectivity index (χ3v) is 3.78. The molecule has 1 aromatic carbocycles. The Kier molecular flexibility index (Phi) is 5.06.